The van der Waals surface area contributed by atoms with Gasteiger partial charge in [0.25, 0.3) is 0 Å². The minimum absolute atomic E-state index is 0.134. The number of carbonyl (C=O) groups is 1. The number of rotatable bonds is 6. The first-order chi connectivity index (χ1) is 9.96. The van der Waals surface area contributed by atoms with Gasteiger partial charge in [-0.1, -0.05) is 0 Å². The van der Waals surface area contributed by atoms with E-state index in [2.05, 4.69) is 19.9 Å². The summed E-state index contributed by atoms with van der Waals surface area (Å²) in [4.78, 5) is 27.0. The smallest absolute Gasteiger partial charge is 0.306 e. The fourth-order valence-electron chi connectivity index (χ4n) is 1.79. The van der Waals surface area contributed by atoms with Gasteiger partial charge >= 0.3 is 5.97 Å². The number of fused-ring (bicyclic) bond motifs is 1. The van der Waals surface area contributed by atoms with Crippen molar-refractivity contribution in [3.05, 3.63) is 12.7 Å². The first kappa shape index (κ1) is 15.8. The summed E-state index contributed by atoms with van der Waals surface area (Å²) >= 11 is 1.64. The number of esters is 1. The molecule has 0 bridgehead atoms. The maximum atomic E-state index is 11.6. The lowest BCUT2D eigenvalue weighted by atomic mass is 10.2. The zero-order valence-electron chi connectivity index (χ0n) is 12.5. The van der Waals surface area contributed by atoms with E-state index in [9.17, 15) is 4.79 Å². The van der Waals surface area contributed by atoms with Crippen molar-refractivity contribution in [2.75, 3.05) is 5.75 Å². The van der Waals surface area contributed by atoms with Crippen molar-refractivity contribution in [1.82, 2.24) is 19.9 Å². The number of thioether (sulfide) groups is 1. The molecule has 0 radical (unpaired) electrons. The van der Waals surface area contributed by atoms with E-state index in [1.807, 2.05) is 20.8 Å². The van der Waals surface area contributed by atoms with E-state index in [0.29, 0.717) is 12.1 Å². The first-order valence-corrected chi connectivity index (χ1v) is 7.93. The molecule has 0 fully saturated rings. The van der Waals surface area contributed by atoms with Crippen LogP contribution in [0.3, 0.4) is 0 Å². The number of aromatic amines is 1. The molecule has 0 aliphatic heterocycles. The maximum Gasteiger partial charge on any atom is 0.306 e. The summed E-state index contributed by atoms with van der Waals surface area (Å²) in [6.07, 6.45) is 5.35. The molecule has 0 amide bonds. The van der Waals surface area contributed by atoms with E-state index in [-0.39, 0.29) is 5.97 Å². The van der Waals surface area contributed by atoms with E-state index in [1.165, 1.54) is 6.33 Å². The number of H-pyrrole nitrogens is 1. The number of ether oxygens (including phenoxy) is 1. The summed E-state index contributed by atoms with van der Waals surface area (Å²) in [5.41, 5.74) is 1.15. The van der Waals surface area contributed by atoms with Crippen LogP contribution in [0.5, 0.6) is 0 Å². The Labute approximate surface area is 128 Å². The standard InChI is InChI=1S/C14H20N4O2S/c1-14(2,3)20-10(19)6-4-5-7-21-13-11-12(16-8-15-11)17-9-18-13/h8-9H,4-7H2,1-3H3,(H,15,16,17,18). The van der Waals surface area contributed by atoms with Gasteiger partial charge in [0.15, 0.2) is 5.65 Å². The zero-order valence-corrected chi connectivity index (χ0v) is 13.4. The van der Waals surface area contributed by atoms with Crippen molar-refractivity contribution in [1.29, 1.82) is 0 Å². The molecular weight excluding hydrogens is 288 g/mol. The monoisotopic (exact) mass is 308 g/mol. The Morgan fingerprint density at radius 1 is 1.29 bits per heavy atom. The van der Waals surface area contributed by atoms with Crippen molar-refractivity contribution in [2.24, 2.45) is 0 Å². The van der Waals surface area contributed by atoms with Gasteiger partial charge in [0, 0.05) is 6.42 Å². The molecule has 2 rings (SSSR count). The summed E-state index contributed by atoms with van der Waals surface area (Å²) in [5.74, 6) is 0.763. The Balaban J connectivity index is 1.71. The van der Waals surface area contributed by atoms with Crippen molar-refractivity contribution in [2.45, 2.75) is 50.7 Å². The SMILES string of the molecule is CC(C)(C)OC(=O)CCCCSc1ncnc2nc[nH]c12. The second-order valence-electron chi connectivity index (χ2n) is 5.67. The van der Waals surface area contributed by atoms with Crippen LogP contribution in [0.15, 0.2) is 17.7 Å². The highest BCUT2D eigenvalue weighted by Crippen LogP contribution is 2.23. The molecule has 114 valence electrons. The maximum absolute atomic E-state index is 11.6. The number of aromatic nitrogens is 4. The first-order valence-electron chi connectivity index (χ1n) is 6.94. The minimum atomic E-state index is -0.404. The van der Waals surface area contributed by atoms with Gasteiger partial charge in [0.1, 0.15) is 22.5 Å². The third kappa shape index (κ3) is 5.00. The summed E-state index contributed by atoms with van der Waals surface area (Å²) in [6, 6.07) is 0. The summed E-state index contributed by atoms with van der Waals surface area (Å²) < 4.78 is 5.27. The van der Waals surface area contributed by atoms with Crippen LogP contribution in [-0.2, 0) is 9.53 Å². The van der Waals surface area contributed by atoms with Crippen LogP contribution < -0.4 is 0 Å². The molecule has 2 aromatic heterocycles. The highest BCUT2D eigenvalue weighted by Gasteiger charge is 2.15. The van der Waals surface area contributed by atoms with E-state index < -0.39 is 5.60 Å². The van der Waals surface area contributed by atoms with Gasteiger partial charge in [-0.3, -0.25) is 4.79 Å². The Bertz CT molecular complexity index is 606. The normalized spacial score (nSPS) is 11.8. The highest BCUT2D eigenvalue weighted by atomic mass is 32.2. The molecule has 2 aromatic rings. The summed E-state index contributed by atoms with van der Waals surface area (Å²) in [5, 5.41) is 0.898. The number of nitrogens with one attached hydrogen (secondary N) is 1. The quantitative estimate of drug-likeness (QED) is 0.382. The molecule has 0 unspecified atom stereocenters. The highest BCUT2D eigenvalue weighted by molar-refractivity contribution is 7.99. The van der Waals surface area contributed by atoms with E-state index in [1.54, 1.807) is 18.1 Å². The molecule has 0 saturated carbocycles. The van der Waals surface area contributed by atoms with Crippen LogP contribution in [0.4, 0.5) is 0 Å². The minimum Gasteiger partial charge on any atom is -0.460 e. The van der Waals surface area contributed by atoms with Crippen molar-refractivity contribution < 1.29 is 9.53 Å². The number of hydrogen-bond acceptors (Lipinski definition) is 6. The molecule has 21 heavy (non-hydrogen) atoms. The molecule has 0 aliphatic rings. The van der Waals surface area contributed by atoms with E-state index in [0.717, 1.165) is 29.1 Å². The third-order valence-corrected chi connectivity index (χ3v) is 3.70. The molecule has 6 nitrogen and oxygen atoms in total. The van der Waals surface area contributed by atoms with Crippen LogP contribution in [0.2, 0.25) is 0 Å². The Hall–Kier alpha value is -1.63. The van der Waals surface area contributed by atoms with E-state index in [4.69, 9.17) is 4.74 Å². The van der Waals surface area contributed by atoms with Gasteiger partial charge in [-0.25, -0.2) is 15.0 Å². The zero-order chi connectivity index (χ0) is 15.3. The van der Waals surface area contributed by atoms with Gasteiger partial charge in [-0.2, -0.15) is 0 Å². The largest absolute Gasteiger partial charge is 0.460 e. The lowest BCUT2D eigenvalue weighted by Crippen LogP contribution is -2.23. The average molecular weight is 308 g/mol. The molecule has 1 N–H and O–H groups in total. The number of carbonyl (C=O) groups excluding carboxylic acids is 1. The summed E-state index contributed by atoms with van der Waals surface area (Å²) in [7, 11) is 0. The number of hydrogen-bond donors (Lipinski definition) is 1. The lowest BCUT2D eigenvalue weighted by Gasteiger charge is -2.19. The fourth-order valence-corrected chi connectivity index (χ4v) is 2.74. The Kier molecular flexibility index (Phi) is 5.17. The van der Waals surface area contributed by atoms with Gasteiger partial charge in [0.2, 0.25) is 0 Å². The molecule has 0 aromatic carbocycles. The Morgan fingerprint density at radius 3 is 2.86 bits per heavy atom. The fraction of sp³-hybridized carbons (Fsp3) is 0.571. The molecule has 0 saturated heterocycles. The van der Waals surface area contributed by atoms with E-state index >= 15 is 0 Å². The van der Waals surface area contributed by atoms with Crippen molar-refractivity contribution >= 4 is 28.9 Å². The predicted octanol–water partition coefficient (Wildman–Crippen LogP) is 2.96. The number of nitrogens with zero attached hydrogens (tertiary/aromatic N) is 3. The summed E-state index contributed by atoms with van der Waals surface area (Å²) in [6.45, 7) is 5.64. The van der Waals surface area contributed by atoms with Crippen LogP contribution >= 0.6 is 11.8 Å². The van der Waals surface area contributed by atoms with Crippen molar-refractivity contribution in [3.63, 3.8) is 0 Å². The molecule has 2 heterocycles. The van der Waals surface area contributed by atoms with Crippen LogP contribution in [-0.4, -0.2) is 37.3 Å². The number of imidazole rings is 1. The second-order valence-corrected chi connectivity index (χ2v) is 6.76. The lowest BCUT2D eigenvalue weighted by molar-refractivity contribution is -0.154. The molecule has 7 heteroatoms. The second kappa shape index (κ2) is 6.89. The molecule has 0 spiro atoms. The van der Waals surface area contributed by atoms with Crippen LogP contribution in [0.25, 0.3) is 11.2 Å². The molecular formula is C14H20N4O2S. The van der Waals surface area contributed by atoms with Gasteiger partial charge in [-0.05, 0) is 39.4 Å². The van der Waals surface area contributed by atoms with Crippen LogP contribution in [0.1, 0.15) is 40.0 Å². The van der Waals surface area contributed by atoms with Crippen LogP contribution in [0, 0.1) is 0 Å². The molecule has 0 atom stereocenters. The Morgan fingerprint density at radius 2 is 2.10 bits per heavy atom. The average Bonchev–Trinajstić information content (AvgIpc) is 2.85. The predicted molar refractivity (Wildman–Crippen MR) is 82.1 cm³/mol. The topological polar surface area (TPSA) is 80.8 Å². The van der Waals surface area contributed by atoms with Gasteiger partial charge in [0.05, 0.1) is 6.33 Å². The number of unbranched alkanes of at least 4 members (excludes halogenated alkanes) is 1. The van der Waals surface area contributed by atoms with Gasteiger partial charge < -0.3 is 9.72 Å². The molecule has 0 aliphatic carbocycles. The third-order valence-electron chi connectivity index (χ3n) is 2.62. The van der Waals surface area contributed by atoms with Gasteiger partial charge in [-0.15, -0.1) is 11.8 Å². The van der Waals surface area contributed by atoms with Crippen molar-refractivity contribution in [3.8, 4) is 0 Å².